The van der Waals surface area contributed by atoms with Crippen LogP contribution < -0.4 is 5.32 Å². The highest BCUT2D eigenvalue weighted by molar-refractivity contribution is 7.19. The minimum Gasteiger partial charge on any atom is -0.357 e. The van der Waals surface area contributed by atoms with Crippen molar-refractivity contribution >= 4 is 32.3 Å². The van der Waals surface area contributed by atoms with Gasteiger partial charge in [-0.25, -0.2) is 0 Å². The molecule has 0 saturated carbocycles. The van der Waals surface area contributed by atoms with Gasteiger partial charge in [0, 0.05) is 32.7 Å². The molecule has 0 spiro atoms. The highest BCUT2D eigenvalue weighted by atomic mass is 32.1. The molecule has 0 amide bonds. The second kappa shape index (κ2) is 4.95. The molecule has 3 heterocycles. The Morgan fingerprint density at radius 2 is 1.78 bits per heavy atom. The third-order valence-electron chi connectivity index (χ3n) is 5.00. The van der Waals surface area contributed by atoms with Crippen LogP contribution in [0.15, 0.2) is 48.5 Å². The molecule has 4 aromatic rings. The van der Waals surface area contributed by atoms with E-state index in [1.54, 1.807) is 0 Å². The van der Waals surface area contributed by atoms with E-state index < -0.39 is 0 Å². The second-order valence-electron chi connectivity index (χ2n) is 6.29. The topological polar surface area (TPSA) is 27.8 Å². The summed E-state index contributed by atoms with van der Waals surface area (Å²) in [4.78, 5) is 5.12. The number of nitrogens with one attached hydrogen (secondary N) is 2. The number of rotatable bonds is 1. The van der Waals surface area contributed by atoms with Crippen LogP contribution in [0.4, 0.5) is 0 Å². The van der Waals surface area contributed by atoms with E-state index in [2.05, 4.69) is 65.8 Å². The average molecular weight is 318 g/mol. The Balaban J connectivity index is 1.74. The van der Waals surface area contributed by atoms with E-state index >= 15 is 0 Å². The number of aromatic amines is 1. The zero-order valence-electron chi connectivity index (χ0n) is 13.0. The second-order valence-corrected chi connectivity index (χ2v) is 7.37. The van der Waals surface area contributed by atoms with E-state index in [4.69, 9.17) is 0 Å². The number of aryl methyl sites for hydroxylation is 1. The van der Waals surface area contributed by atoms with E-state index in [9.17, 15) is 0 Å². The van der Waals surface area contributed by atoms with E-state index in [0.29, 0.717) is 0 Å². The van der Waals surface area contributed by atoms with Crippen molar-refractivity contribution in [1.82, 2.24) is 10.3 Å². The molecule has 3 heteroatoms. The Morgan fingerprint density at radius 3 is 2.65 bits per heavy atom. The summed E-state index contributed by atoms with van der Waals surface area (Å²) >= 11 is 1.92. The van der Waals surface area contributed by atoms with Gasteiger partial charge in [-0.1, -0.05) is 36.4 Å². The van der Waals surface area contributed by atoms with Crippen molar-refractivity contribution in [2.75, 3.05) is 6.54 Å². The molecule has 5 rings (SSSR count). The summed E-state index contributed by atoms with van der Waals surface area (Å²) in [6.07, 6.45) is 1.10. The van der Waals surface area contributed by atoms with Gasteiger partial charge < -0.3 is 10.3 Å². The van der Waals surface area contributed by atoms with Crippen LogP contribution in [-0.2, 0) is 6.42 Å². The summed E-state index contributed by atoms with van der Waals surface area (Å²) in [5, 5.41) is 6.50. The van der Waals surface area contributed by atoms with Crippen molar-refractivity contribution < 1.29 is 0 Å². The summed E-state index contributed by atoms with van der Waals surface area (Å²) < 4.78 is 1.38. The summed E-state index contributed by atoms with van der Waals surface area (Å²) in [5.41, 5.74) is 5.51. The monoisotopic (exact) mass is 318 g/mol. The SMILES string of the molecule is Cc1c(C2NCCc3c2[nH]c2ccccc32)sc2ccccc12. The number of hydrogen-bond acceptors (Lipinski definition) is 2. The highest BCUT2D eigenvalue weighted by Crippen LogP contribution is 2.40. The third-order valence-corrected chi connectivity index (χ3v) is 6.34. The third kappa shape index (κ3) is 1.90. The average Bonchev–Trinajstić information content (AvgIpc) is 3.13. The fraction of sp³-hybridized carbons (Fsp3) is 0.200. The molecule has 2 N–H and O–H groups in total. The molecule has 1 aliphatic heterocycles. The van der Waals surface area contributed by atoms with Crippen LogP contribution in [0.25, 0.3) is 21.0 Å². The molecule has 0 radical (unpaired) electrons. The maximum Gasteiger partial charge on any atom is 0.0829 e. The largest absolute Gasteiger partial charge is 0.357 e. The molecule has 0 fully saturated rings. The quantitative estimate of drug-likeness (QED) is 0.512. The first-order chi connectivity index (χ1) is 11.3. The normalized spacial score (nSPS) is 17.7. The summed E-state index contributed by atoms with van der Waals surface area (Å²) in [5.74, 6) is 0. The minimum atomic E-state index is 0.281. The van der Waals surface area contributed by atoms with Crippen LogP contribution in [0.3, 0.4) is 0 Å². The number of H-pyrrole nitrogens is 1. The Hall–Kier alpha value is -2.10. The molecule has 0 aliphatic carbocycles. The van der Waals surface area contributed by atoms with Gasteiger partial charge in [0.25, 0.3) is 0 Å². The lowest BCUT2D eigenvalue weighted by atomic mass is 9.96. The molecule has 1 unspecified atom stereocenters. The molecule has 114 valence electrons. The number of benzene rings is 2. The Bertz CT molecular complexity index is 1020. The van der Waals surface area contributed by atoms with E-state index in [0.717, 1.165) is 13.0 Å². The van der Waals surface area contributed by atoms with E-state index in [-0.39, 0.29) is 6.04 Å². The molecule has 1 aliphatic rings. The zero-order valence-corrected chi connectivity index (χ0v) is 13.8. The van der Waals surface area contributed by atoms with Gasteiger partial charge in [-0.3, -0.25) is 0 Å². The summed E-state index contributed by atoms with van der Waals surface area (Å²) in [6, 6.07) is 17.7. The molecule has 0 saturated heterocycles. The Kier molecular flexibility index (Phi) is 2.87. The highest BCUT2D eigenvalue weighted by Gasteiger charge is 2.27. The van der Waals surface area contributed by atoms with Crippen LogP contribution in [0.2, 0.25) is 0 Å². The lowest BCUT2D eigenvalue weighted by molar-refractivity contribution is 0.565. The van der Waals surface area contributed by atoms with Crippen LogP contribution in [-0.4, -0.2) is 11.5 Å². The van der Waals surface area contributed by atoms with Crippen LogP contribution in [0.5, 0.6) is 0 Å². The van der Waals surface area contributed by atoms with Crippen molar-refractivity contribution in [3.8, 4) is 0 Å². The molecule has 2 aromatic heterocycles. The van der Waals surface area contributed by atoms with Gasteiger partial charge in [0.05, 0.1) is 6.04 Å². The minimum absolute atomic E-state index is 0.281. The standard InChI is InChI=1S/C20H18N2S/c1-12-13-6-3-5-9-17(13)23-20(12)19-18-15(10-11-21-19)14-7-2-4-8-16(14)22-18/h2-9,19,21-22H,10-11H2,1H3. The smallest absolute Gasteiger partial charge is 0.0829 e. The van der Waals surface area contributed by atoms with Crippen molar-refractivity contribution in [2.45, 2.75) is 19.4 Å². The van der Waals surface area contributed by atoms with Gasteiger partial charge >= 0.3 is 0 Å². The van der Waals surface area contributed by atoms with Gasteiger partial charge in [0.1, 0.15) is 0 Å². The molecular weight excluding hydrogens is 300 g/mol. The van der Waals surface area contributed by atoms with Gasteiger partial charge in [0.15, 0.2) is 0 Å². The molecular formula is C20H18N2S. The molecule has 0 bridgehead atoms. The van der Waals surface area contributed by atoms with E-state index in [1.807, 2.05) is 11.3 Å². The van der Waals surface area contributed by atoms with Gasteiger partial charge in [-0.15, -0.1) is 11.3 Å². The van der Waals surface area contributed by atoms with Crippen molar-refractivity contribution in [1.29, 1.82) is 0 Å². The summed E-state index contributed by atoms with van der Waals surface area (Å²) in [7, 11) is 0. The Morgan fingerprint density at radius 1 is 1.00 bits per heavy atom. The molecule has 1 atom stereocenters. The Labute approximate surface area is 139 Å². The van der Waals surface area contributed by atoms with Crippen molar-refractivity contribution in [2.24, 2.45) is 0 Å². The van der Waals surface area contributed by atoms with Gasteiger partial charge in [0.2, 0.25) is 0 Å². The van der Waals surface area contributed by atoms with E-state index in [1.165, 1.54) is 42.7 Å². The van der Waals surface area contributed by atoms with Crippen molar-refractivity contribution in [3.05, 3.63) is 70.2 Å². The van der Waals surface area contributed by atoms with Crippen molar-refractivity contribution in [3.63, 3.8) is 0 Å². The first kappa shape index (κ1) is 13.3. The van der Waals surface area contributed by atoms with Gasteiger partial charge in [-0.2, -0.15) is 0 Å². The summed E-state index contributed by atoms with van der Waals surface area (Å²) in [6.45, 7) is 3.29. The van der Waals surface area contributed by atoms with Crippen LogP contribution in [0.1, 0.15) is 27.7 Å². The maximum atomic E-state index is 3.73. The maximum absolute atomic E-state index is 3.73. The van der Waals surface area contributed by atoms with Gasteiger partial charge in [-0.05, 0) is 42.0 Å². The predicted molar refractivity (Wildman–Crippen MR) is 98.4 cm³/mol. The number of fused-ring (bicyclic) bond motifs is 4. The first-order valence-corrected chi connectivity index (χ1v) is 8.95. The number of hydrogen-bond donors (Lipinski definition) is 2. The fourth-order valence-electron chi connectivity index (χ4n) is 3.87. The zero-order chi connectivity index (χ0) is 15.4. The lowest BCUT2D eigenvalue weighted by Crippen LogP contribution is -2.30. The van der Waals surface area contributed by atoms with Crippen LogP contribution >= 0.6 is 11.3 Å². The number of thiophene rings is 1. The lowest BCUT2D eigenvalue weighted by Gasteiger charge is -2.24. The number of aromatic nitrogens is 1. The number of para-hydroxylation sites is 1. The van der Waals surface area contributed by atoms with Crippen LogP contribution in [0, 0.1) is 6.92 Å². The fourth-order valence-corrected chi connectivity index (χ4v) is 5.17. The first-order valence-electron chi connectivity index (χ1n) is 8.14. The predicted octanol–water partition coefficient (Wildman–Crippen LogP) is 4.93. The molecule has 23 heavy (non-hydrogen) atoms. The molecule has 2 nitrogen and oxygen atoms in total. The molecule has 2 aromatic carbocycles.